The molecule has 6 heteroatoms. The van der Waals surface area contributed by atoms with Crippen LogP contribution in [0, 0.1) is 5.82 Å². The van der Waals surface area contributed by atoms with E-state index in [-0.39, 0.29) is 12.4 Å². The number of nitrogens with zero attached hydrogens (tertiary/aromatic N) is 1. The lowest BCUT2D eigenvalue weighted by molar-refractivity contribution is 0.296. The molecule has 0 atom stereocenters. The number of fused-ring (bicyclic) bond motifs is 1. The zero-order chi connectivity index (χ0) is 14.4. The van der Waals surface area contributed by atoms with Crippen LogP contribution in [0.2, 0.25) is 0 Å². The SMILES string of the molecule is Nc1cc(F)c(NCCSCCCO)c2ncccc12. The highest BCUT2D eigenvalue weighted by molar-refractivity contribution is 7.99. The average molecular weight is 295 g/mol. The van der Waals surface area contributed by atoms with Crippen molar-refractivity contribution in [1.29, 1.82) is 0 Å². The van der Waals surface area contributed by atoms with Crippen LogP contribution in [0.1, 0.15) is 6.42 Å². The summed E-state index contributed by atoms with van der Waals surface area (Å²) in [4.78, 5) is 4.21. The van der Waals surface area contributed by atoms with Crippen molar-refractivity contribution in [2.45, 2.75) is 6.42 Å². The number of aliphatic hydroxyl groups is 1. The van der Waals surface area contributed by atoms with E-state index in [1.54, 1.807) is 24.0 Å². The van der Waals surface area contributed by atoms with Gasteiger partial charge in [-0.2, -0.15) is 11.8 Å². The van der Waals surface area contributed by atoms with E-state index >= 15 is 0 Å². The molecule has 0 aliphatic carbocycles. The molecule has 1 heterocycles. The van der Waals surface area contributed by atoms with Crippen molar-refractivity contribution in [2.75, 3.05) is 35.7 Å². The van der Waals surface area contributed by atoms with Crippen molar-refractivity contribution < 1.29 is 9.50 Å². The molecule has 0 radical (unpaired) electrons. The molecule has 1 aromatic carbocycles. The van der Waals surface area contributed by atoms with E-state index in [1.165, 1.54) is 6.07 Å². The monoisotopic (exact) mass is 295 g/mol. The highest BCUT2D eigenvalue weighted by Gasteiger charge is 2.11. The maximum atomic E-state index is 14.0. The van der Waals surface area contributed by atoms with E-state index in [0.717, 1.165) is 23.3 Å². The van der Waals surface area contributed by atoms with E-state index in [4.69, 9.17) is 10.8 Å². The number of benzene rings is 1. The number of nitrogens with two attached hydrogens (primary N) is 1. The summed E-state index contributed by atoms with van der Waals surface area (Å²) in [6, 6.07) is 4.94. The van der Waals surface area contributed by atoms with Crippen LogP contribution < -0.4 is 11.1 Å². The smallest absolute Gasteiger partial charge is 0.150 e. The van der Waals surface area contributed by atoms with Crippen LogP contribution in [0.4, 0.5) is 15.8 Å². The van der Waals surface area contributed by atoms with Crippen molar-refractivity contribution in [1.82, 2.24) is 4.98 Å². The highest BCUT2D eigenvalue weighted by Crippen LogP contribution is 2.29. The van der Waals surface area contributed by atoms with Crippen LogP contribution in [0.5, 0.6) is 0 Å². The van der Waals surface area contributed by atoms with Crippen molar-refractivity contribution in [3.63, 3.8) is 0 Å². The molecule has 108 valence electrons. The van der Waals surface area contributed by atoms with Gasteiger partial charge in [-0.1, -0.05) is 0 Å². The second-order valence-electron chi connectivity index (χ2n) is 4.34. The first-order chi connectivity index (χ1) is 9.74. The van der Waals surface area contributed by atoms with E-state index in [9.17, 15) is 4.39 Å². The van der Waals surface area contributed by atoms with Crippen molar-refractivity contribution in [3.05, 3.63) is 30.2 Å². The molecule has 0 fully saturated rings. The maximum absolute atomic E-state index is 14.0. The van der Waals surface area contributed by atoms with Gasteiger partial charge in [-0.05, 0) is 30.4 Å². The number of pyridine rings is 1. The van der Waals surface area contributed by atoms with E-state index in [1.807, 2.05) is 6.07 Å². The number of anilines is 2. The van der Waals surface area contributed by atoms with Crippen molar-refractivity contribution in [3.8, 4) is 0 Å². The molecule has 0 saturated heterocycles. The van der Waals surface area contributed by atoms with Gasteiger partial charge in [-0.25, -0.2) is 4.39 Å². The lowest BCUT2D eigenvalue weighted by atomic mass is 10.1. The molecule has 20 heavy (non-hydrogen) atoms. The van der Waals surface area contributed by atoms with Gasteiger partial charge in [-0.3, -0.25) is 4.98 Å². The van der Waals surface area contributed by atoms with Gasteiger partial charge in [0.1, 0.15) is 0 Å². The van der Waals surface area contributed by atoms with Gasteiger partial charge in [-0.15, -0.1) is 0 Å². The first kappa shape index (κ1) is 14.9. The zero-order valence-electron chi connectivity index (χ0n) is 11.1. The molecule has 0 spiro atoms. The quantitative estimate of drug-likeness (QED) is 0.541. The largest absolute Gasteiger partial charge is 0.398 e. The molecule has 0 aliphatic rings. The third kappa shape index (κ3) is 3.52. The number of aliphatic hydroxyl groups excluding tert-OH is 1. The maximum Gasteiger partial charge on any atom is 0.150 e. The Morgan fingerprint density at radius 2 is 2.25 bits per heavy atom. The Hall–Kier alpha value is -1.53. The van der Waals surface area contributed by atoms with Gasteiger partial charge in [0.2, 0.25) is 0 Å². The van der Waals surface area contributed by atoms with Gasteiger partial charge in [0.05, 0.1) is 11.2 Å². The van der Waals surface area contributed by atoms with Crippen molar-refractivity contribution >= 4 is 34.0 Å². The molecule has 4 nitrogen and oxygen atoms in total. The lowest BCUT2D eigenvalue weighted by Gasteiger charge is -2.11. The van der Waals surface area contributed by atoms with Crippen LogP contribution in [0.25, 0.3) is 10.9 Å². The topological polar surface area (TPSA) is 71.2 Å². The third-order valence-electron chi connectivity index (χ3n) is 2.87. The molecule has 0 saturated carbocycles. The predicted octanol–water partition coefficient (Wildman–Crippen LogP) is 2.48. The minimum Gasteiger partial charge on any atom is -0.398 e. The van der Waals surface area contributed by atoms with E-state index < -0.39 is 0 Å². The Morgan fingerprint density at radius 3 is 3.05 bits per heavy atom. The fourth-order valence-electron chi connectivity index (χ4n) is 1.92. The Balaban J connectivity index is 2.06. The molecule has 2 rings (SSSR count). The zero-order valence-corrected chi connectivity index (χ0v) is 11.9. The Morgan fingerprint density at radius 1 is 1.40 bits per heavy atom. The van der Waals surface area contributed by atoms with Gasteiger partial charge >= 0.3 is 0 Å². The molecular weight excluding hydrogens is 277 g/mol. The van der Waals surface area contributed by atoms with Crippen LogP contribution in [0.15, 0.2) is 24.4 Å². The standard InChI is InChI=1S/C14H18FN3OS/c15-11-9-12(16)10-3-1-4-17-13(10)14(11)18-5-8-20-7-2-6-19/h1,3-4,9,18-19H,2,5-8,16H2. The first-order valence-corrected chi connectivity index (χ1v) is 7.64. The number of nitrogens with one attached hydrogen (secondary N) is 1. The molecule has 0 amide bonds. The molecule has 4 N–H and O–H groups in total. The molecule has 1 aromatic heterocycles. The van der Waals surface area contributed by atoms with Crippen LogP contribution in [0.3, 0.4) is 0 Å². The summed E-state index contributed by atoms with van der Waals surface area (Å²) in [5.41, 5.74) is 7.16. The summed E-state index contributed by atoms with van der Waals surface area (Å²) in [6.07, 6.45) is 2.41. The number of thioether (sulfide) groups is 1. The Kier molecular flexibility index (Phi) is 5.43. The average Bonchev–Trinajstić information content (AvgIpc) is 2.45. The van der Waals surface area contributed by atoms with Gasteiger partial charge in [0.15, 0.2) is 5.82 Å². The number of nitrogen functional groups attached to an aromatic ring is 1. The fraction of sp³-hybridized carbons (Fsp3) is 0.357. The third-order valence-corrected chi connectivity index (χ3v) is 3.94. The van der Waals surface area contributed by atoms with Gasteiger partial charge < -0.3 is 16.2 Å². The summed E-state index contributed by atoms with van der Waals surface area (Å²) in [7, 11) is 0. The molecular formula is C14H18FN3OS. The van der Waals surface area contributed by atoms with Gasteiger partial charge in [0.25, 0.3) is 0 Å². The van der Waals surface area contributed by atoms with E-state index in [2.05, 4.69) is 10.3 Å². The number of hydrogen-bond donors (Lipinski definition) is 3. The second-order valence-corrected chi connectivity index (χ2v) is 5.56. The summed E-state index contributed by atoms with van der Waals surface area (Å²) < 4.78 is 14.0. The van der Waals surface area contributed by atoms with Crippen LogP contribution >= 0.6 is 11.8 Å². The van der Waals surface area contributed by atoms with Crippen LogP contribution in [-0.4, -0.2) is 34.7 Å². The molecule has 0 aliphatic heterocycles. The van der Waals surface area contributed by atoms with Crippen molar-refractivity contribution in [2.24, 2.45) is 0 Å². The normalized spacial score (nSPS) is 10.9. The minimum absolute atomic E-state index is 0.210. The number of hydrogen-bond acceptors (Lipinski definition) is 5. The lowest BCUT2D eigenvalue weighted by Crippen LogP contribution is -2.08. The van der Waals surface area contributed by atoms with Crippen LogP contribution in [-0.2, 0) is 0 Å². The predicted molar refractivity (Wildman–Crippen MR) is 83.6 cm³/mol. The summed E-state index contributed by atoms with van der Waals surface area (Å²) >= 11 is 1.72. The number of aromatic nitrogens is 1. The summed E-state index contributed by atoms with van der Waals surface area (Å²) in [6.45, 7) is 0.851. The highest BCUT2D eigenvalue weighted by atomic mass is 32.2. The molecule has 0 bridgehead atoms. The molecule has 2 aromatic rings. The number of rotatable bonds is 7. The van der Waals surface area contributed by atoms with Gasteiger partial charge in [0, 0.05) is 36.2 Å². The fourth-order valence-corrected chi connectivity index (χ4v) is 2.71. The molecule has 0 unspecified atom stereocenters. The minimum atomic E-state index is -0.381. The first-order valence-electron chi connectivity index (χ1n) is 6.49. The number of halogens is 1. The van der Waals surface area contributed by atoms with E-state index in [0.29, 0.717) is 23.4 Å². The second kappa shape index (κ2) is 7.31. The summed E-state index contributed by atoms with van der Waals surface area (Å²) in [5, 5.41) is 12.5. The summed E-state index contributed by atoms with van der Waals surface area (Å²) in [5.74, 6) is 1.37. The Bertz CT molecular complexity index is 580. The Labute approximate surface area is 121 Å².